The third-order valence-electron chi connectivity index (χ3n) is 3.72. The van der Waals surface area contributed by atoms with Gasteiger partial charge in [-0.1, -0.05) is 0 Å². The van der Waals surface area contributed by atoms with E-state index in [1.807, 2.05) is 4.90 Å². The smallest absolute Gasteiger partial charge is 1.00 e. The molecule has 2 rings (SSSR count). The van der Waals surface area contributed by atoms with Gasteiger partial charge in [0.25, 0.3) is 0 Å². The first-order valence-electron chi connectivity index (χ1n) is 5.83. The van der Waals surface area contributed by atoms with E-state index >= 15 is 0 Å². The number of nitrogens with zero attached hydrogens (tertiary/aromatic N) is 2. The van der Waals surface area contributed by atoms with Crippen molar-refractivity contribution in [3.63, 3.8) is 0 Å². The minimum atomic E-state index is -0.708. The Balaban J connectivity index is 0.00000144. The van der Waals surface area contributed by atoms with Crippen molar-refractivity contribution in [2.24, 2.45) is 0 Å². The van der Waals surface area contributed by atoms with E-state index in [1.54, 1.807) is 6.92 Å². The van der Waals surface area contributed by atoms with Crippen LogP contribution in [-0.2, 0) is 9.59 Å². The summed E-state index contributed by atoms with van der Waals surface area (Å²) in [6.45, 7) is 4.01. The summed E-state index contributed by atoms with van der Waals surface area (Å²) in [6.07, 6.45) is 2.58. The van der Waals surface area contributed by atoms with Crippen LogP contribution in [0.2, 0.25) is 0 Å². The van der Waals surface area contributed by atoms with Crippen molar-refractivity contribution in [1.82, 2.24) is 9.80 Å². The van der Waals surface area contributed by atoms with E-state index in [-0.39, 0.29) is 32.2 Å². The standard InChI is InChI=1S/C11H18N2O3.Li.H/c1-8(14)12-5-2-9(3-6-12)13-7-4-10(13)11(15)16;;/h9-10H,2-7H2,1H3,(H,15,16);;/q;+1;-1. The molecular formula is C11H19LiN2O3. The number of rotatable bonds is 2. The van der Waals surface area contributed by atoms with Gasteiger partial charge in [-0.25, -0.2) is 0 Å². The number of carboxylic acids is 1. The summed E-state index contributed by atoms with van der Waals surface area (Å²) in [5.41, 5.74) is 0. The van der Waals surface area contributed by atoms with Crippen molar-refractivity contribution in [2.45, 2.75) is 38.3 Å². The van der Waals surface area contributed by atoms with Crippen molar-refractivity contribution in [1.29, 1.82) is 0 Å². The van der Waals surface area contributed by atoms with Crippen molar-refractivity contribution < 1.29 is 35.0 Å². The van der Waals surface area contributed by atoms with Crippen molar-refractivity contribution in [3.8, 4) is 0 Å². The summed E-state index contributed by atoms with van der Waals surface area (Å²) in [5, 5.41) is 8.97. The number of piperidine rings is 1. The third-order valence-corrected chi connectivity index (χ3v) is 3.72. The van der Waals surface area contributed by atoms with Crippen molar-refractivity contribution >= 4 is 11.9 Å². The average Bonchev–Trinajstić information content (AvgIpc) is 2.15. The largest absolute Gasteiger partial charge is 1.00 e. The maximum Gasteiger partial charge on any atom is 1.00 e. The molecule has 6 heteroatoms. The molecule has 1 amide bonds. The molecule has 2 heterocycles. The summed E-state index contributed by atoms with van der Waals surface area (Å²) in [5.74, 6) is -0.586. The zero-order chi connectivity index (χ0) is 11.7. The molecule has 0 bridgehead atoms. The van der Waals surface area contributed by atoms with E-state index in [4.69, 9.17) is 5.11 Å². The molecule has 1 atom stereocenters. The number of carbonyl (C=O) groups excluding carboxylic acids is 1. The van der Waals surface area contributed by atoms with Crippen LogP contribution in [-0.4, -0.2) is 58.5 Å². The van der Waals surface area contributed by atoms with Gasteiger partial charge in [0.1, 0.15) is 6.04 Å². The van der Waals surface area contributed by atoms with Crippen LogP contribution in [0.15, 0.2) is 0 Å². The number of aliphatic carboxylic acids is 1. The Hall–Kier alpha value is -0.503. The molecule has 2 saturated heterocycles. The second kappa shape index (κ2) is 5.90. The van der Waals surface area contributed by atoms with Crippen LogP contribution in [0.4, 0.5) is 0 Å². The second-order valence-corrected chi connectivity index (χ2v) is 4.62. The number of carbonyl (C=O) groups is 2. The van der Waals surface area contributed by atoms with Crippen LogP contribution in [0.25, 0.3) is 0 Å². The van der Waals surface area contributed by atoms with Gasteiger partial charge < -0.3 is 11.4 Å². The molecule has 0 spiro atoms. The Kier molecular flexibility index (Phi) is 5.05. The fraction of sp³-hybridized carbons (Fsp3) is 0.818. The monoisotopic (exact) mass is 234 g/mol. The van der Waals surface area contributed by atoms with E-state index in [2.05, 4.69) is 4.90 Å². The molecule has 0 radical (unpaired) electrons. The minimum Gasteiger partial charge on any atom is -1.00 e. The van der Waals surface area contributed by atoms with Gasteiger partial charge in [-0.15, -0.1) is 0 Å². The molecule has 1 unspecified atom stereocenters. The number of carboxylic acid groups (broad SMARTS) is 1. The first-order chi connectivity index (χ1) is 7.59. The Labute approximate surface area is 115 Å². The molecule has 0 aromatic heterocycles. The summed E-state index contributed by atoms with van der Waals surface area (Å²) in [7, 11) is 0. The zero-order valence-corrected chi connectivity index (χ0v) is 10.6. The summed E-state index contributed by atoms with van der Waals surface area (Å²) in [6, 6.07) is 0.0688. The van der Waals surface area contributed by atoms with Crippen molar-refractivity contribution in [2.75, 3.05) is 19.6 Å². The van der Waals surface area contributed by atoms with E-state index in [1.165, 1.54) is 0 Å². The summed E-state index contributed by atoms with van der Waals surface area (Å²) in [4.78, 5) is 26.0. The average molecular weight is 234 g/mol. The van der Waals surface area contributed by atoms with Crippen molar-refractivity contribution in [3.05, 3.63) is 0 Å². The maximum absolute atomic E-state index is 11.1. The van der Waals surface area contributed by atoms with Gasteiger partial charge in [-0.05, 0) is 19.3 Å². The number of hydrogen-bond donors (Lipinski definition) is 1. The molecule has 0 aliphatic carbocycles. The Morgan fingerprint density at radius 1 is 1.18 bits per heavy atom. The van der Waals surface area contributed by atoms with E-state index in [0.717, 1.165) is 38.9 Å². The molecule has 1 N–H and O–H groups in total. The number of likely N-dealkylation sites (tertiary alicyclic amines) is 2. The fourth-order valence-corrected chi connectivity index (χ4v) is 2.62. The molecule has 0 aromatic rings. The molecule has 5 nitrogen and oxygen atoms in total. The van der Waals surface area contributed by atoms with Crippen LogP contribution in [0.1, 0.15) is 27.6 Å². The van der Waals surface area contributed by atoms with Crippen LogP contribution in [0.5, 0.6) is 0 Å². The third kappa shape index (κ3) is 3.04. The Bertz CT molecular complexity index is 309. The van der Waals surface area contributed by atoms with Gasteiger partial charge in [0.05, 0.1) is 0 Å². The van der Waals surface area contributed by atoms with Gasteiger partial charge in [-0.2, -0.15) is 0 Å². The Morgan fingerprint density at radius 3 is 2.12 bits per heavy atom. The maximum atomic E-state index is 11.1. The molecule has 2 aliphatic heterocycles. The molecule has 0 aromatic carbocycles. The van der Waals surface area contributed by atoms with Crippen LogP contribution in [0.3, 0.4) is 0 Å². The van der Waals surface area contributed by atoms with E-state index in [0.29, 0.717) is 6.04 Å². The predicted octanol–water partition coefficient (Wildman–Crippen LogP) is -2.73. The first-order valence-corrected chi connectivity index (χ1v) is 5.83. The van der Waals surface area contributed by atoms with Gasteiger partial charge in [0, 0.05) is 32.6 Å². The van der Waals surface area contributed by atoms with Crippen LogP contribution < -0.4 is 18.9 Å². The zero-order valence-electron chi connectivity index (χ0n) is 11.6. The predicted molar refractivity (Wildman–Crippen MR) is 59.1 cm³/mol. The number of amides is 1. The summed E-state index contributed by atoms with van der Waals surface area (Å²) < 4.78 is 0. The quantitative estimate of drug-likeness (QED) is 0.527. The normalized spacial score (nSPS) is 25.9. The number of hydrogen-bond acceptors (Lipinski definition) is 3. The van der Waals surface area contributed by atoms with Gasteiger partial charge in [-0.3, -0.25) is 14.5 Å². The fourth-order valence-electron chi connectivity index (χ4n) is 2.62. The first kappa shape index (κ1) is 14.6. The van der Waals surface area contributed by atoms with E-state index < -0.39 is 5.97 Å². The van der Waals surface area contributed by atoms with Gasteiger partial charge in [0.15, 0.2) is 0 Å². The molecule has 92 valence electrons. The molecule has 2 fully saturated rings. The minimum absolute atomic E-state index is 0. The van der Waals surface area contributed by atoms with Gasteiger partial charge in [0.2, 0.25) is 5.91 Å². The van der Waals surface area contributed by atoms with Crippen LogP contribution >= 0.6 is 0 Å². The molecule has 0 saturated carbocycles. The SMILES string of the molecule is CC(=O)N1CCC(N2CCC2C(=O)O)CC1.[H-].[Li+]. The summed E-state index contributed by atoms with van der Waals surface area (Å²) >= 11 is 0. The molecule has 2 aliphatic rings. The topological polar surface area (TPSA) is 60.9 Å². The molecule has 17 heavy (non-hydrogen) atoms. The Morgan fingerprint density at radius 2 is 1.76 bits per heavy atom. The second-order valence-electron chi connectivity index (χ2n) is 4.62. The molecular weight excluding hydrogens is 215 g/mol. The van der Waals surface area contributed by atoms with Gasteiger partial charge >= 0.3 is 24.8 Å². The van der Waals surface area contributed by atoms with E-state index in [9.17, 15) is 9.59 Å². The van der Waals surface area contributed by atoms with Crippen LogP contribution in [0, 0.1) is 0 Å².